The predicted molar refractivity (Wildman–Crippen MR) is 83.9 cm³/mol. The molecule has 118 valence electrons. The summed E-state index contributed by atoms with van der Waals surface area (Å²) in [5.74, 6) is 0.616. The fourth-order valence-electron chi connectivity index (χ4n) is 1.79. The molecule has 0 fully saturated rings. The van der Waals surface area contributed by atoms with Crippen LogP contribution in [0.25, 0.3) is 0 Å². The first-order valence-corrected chi connectivity index (χ1v) is 7.15. The molecule has 1 aromatic carbocycles. The standard InChI is InChI=1S/C15H23ClN2O3/c1-15(2,3)21-14(19)18-11(9-17)7-10-5-6-13(20-4)12(16)8-10/h5-6,8,11H,7,9,17H2,1-4H3,(H,18,19). The van der Waals surface area contributed by atoms with E-state index in [4.69, 9.17) is 26.8 Å². The molecule has 0 aromatic heterocycles. The van der Waals surface area contributed by atoms with Gasteiger partial charge in [0.1, 0.15) is 11.4 Å². The minimum atomic E-state index is -0.535. The van der Waals surface area contributed by atoms with E-state index in [1.165, 1.54) is 0 Å². The van der Waals surface area contributed by atoms with Crippen molar-refractivity contribution in [3.05, 3.63) is 28.8 Å². The van der Waals surface area contributed by atoms with Gasteiger partial charge in [-0.3, -0.25) is 0 Å². The Morgan fingerprint density at radius 1 is 1.43 bits per heavy atom. The third kappa shape index (κ3) is 6.23. The van der Waals surface area contributed by atoms with Crippen LogP contribution in [0.4, 0.5) is 4.79 Å². The lowest BCUT2D eigenvalue weighted by Crippen LogP contribution is -2.44. The number of rotatable bonds is 5. The van der Waals surface area contributed by atoms with Gasteiger partial charge in [-0.1, -0.05) is 17.7 Å². The molecule has 1 unspecified atom stereocenters. The number of hydrogen-bond acceptors (Lipinski definition) is 4. The van der Waals surface area contributed by atoms with Crippen LogP contribution >= 0.6 is 11.6 Å². The lowest BCUT2D eigenvalue weighted by molar-refractivity contribution is 0.0506. The second kappa shape index (κ2) is 7.52. The molecule has 0 aliphatic heterocycles. The highest BCUT2D eigenvalue weighted by Gasteiger charge is 2.19. The van der Waals surface area contributed by atoms with Crippen LogP contribution in [0.2, 0.25) is 5.02 Å². The average Bonchev–Trinajstić information content (AvgIpc) is 2.36. The van der Waals surface area contributed by atoms with Gasteiger partial charge >= 0.3 is 6.09 Å². The Kier molecular flexibility index (Phi) is 6.30. The predicted octanol–water partition coefficient (Wildman–Crippen LogP) is 2.74. The summed E-state index contributed by atoms with van der Waals surface area (Å²) < 4.78 is 10.3. The maximum atomic E-state index is 11.8. The molecule has 0 saturated heterocycles. The van der Waals surface area contributed by atoms with Crippen molar-refractivity contribution < 1.29 is 14.3 Å². The SMILES string of the molecule is COc1ccc(CC(CN)NC(=O)OC(C)(C)C)cc1Cl. The third-order valence-electron chi connectivity index (χ3n) is 2.70. The molecule has 5 nitrogen and oxygen atoms in total. The lowest BCUT2D eigenvalue weighted by atomic mass is 10.1. The zero-order valence-corrected chi connectivity index (χ0v) is 13.7. The highest BCUT2D eigenvalue weighted by molar-refractivity contribution is 6.32. The van der Waals surface area contributed by atoms with Crippen LogP contribution < -0.4 is 15.8 Å². The first-order valence-electron chi connectivity index (χ1n) is 6.77. The molecule has 1 amide bonds. The second-order valence-corrected chi connectivity index (χ2v) is 6.16. The third-order valence-corrected chi connectivity index (χ3v) is 3.00. The number of benzene rings is 1. The van der Waals surface area contributed by atoms with Gasteiger partial charge in [-0.15, -0.1) is 0 Å². The Balaban J connectivity index is 2.66. The highest BCUT2D eigenvalue weighted by Crippen LogP contribution is 2.25. The van der Waals surface area contributed by atoms with Crippen LogP contribution in [0.1, 0.15) is 26.3 Å². The Bertz CT molecular complexity index is 486. The van der Waals surface area contributed by atoms with E-state index in [9.17, 15) is 4.79 Å². The number of amides is 1. The van der Waals surface area contributed by atoms with Crippen molar-refractivity contribution in [3.63, 3.8) is 0 Å². The van der Waals surface area contributed by atoms with Crippen molar-refractivity contribution in [1.82, 2.24) is 5.32 Å². The van der Waals surface area contributed by atoms with Crippen LogP contribution in [-0.2, 0) is 11.2 Å². The summed E-state index contributed by atoms with van der Waals surface area (Å²) in [6.45, 7) is 5.75. The average molecular weight is 315 g/mol. The number of halogens is 1. The normalized spacial score (nSPS) is 12.7. The fraction of sp³-hybridized carbons (Fsp3) is 0.533. The van der Waals surface area contributed by atoms with Gasteiger partial charge in [-0.25, -0.2) is 4.79 Å². The first kappa shape index (κ1) is 17.6. The van der Waals surface area contributed by atoms with Crippen molar-refractivity contribution in [2.75, 3.05) is 13.7 Å². The van der Waals surface area contributed by atoms with E-state index in [-0.39, 0.29) is 6.04 Å². The molecule has 1 rings (SSSR count). The molecular weight excluding hydrogens is 292 g/mol. The molecule has 21 heavy (non-hydrogen) atoms. The second-order valence-electron chi connectivity index (χ2n) is 5.75. The van der Waals surface area contributed by atoms with Crippen molar-refractivity contribution in [1.29, 1.82) is 0 Å². The van der Waals surface area contributed by atoms with Crippen LogP contribution in [-0.4, -0.2) is 31.4 Å². The zero-order valence-electron chi connectivity index (χ0n) is 12.9. The van der Waals surface area contributed by atoms with E-state index in [0.717, 1.165) is 5.56 Å². The van der Waals surface area contributed by atoms with Crippen LogP contribution in [0.3, 0.4) is 0 Å². The van der Waals surface area contributed by atoms with Crippen LogP contribution in [0.15, 0.2) is 18.2 Å². The maximum Gasteiger partial charge on any atom is 0.407 e. The van der Waals surface area contributed by atoms with E-state index in [1.807, 2.05) is 26.8 Å². The van der Waals surface area contributed by atoms with E-state index in [2.05, 4.69) is 5.32 Å². The molecule has 1 atom stereocenters. The molecule has 0 heterocycles. The lowest BCUT2D eigenvalue weighted by Gasteiger charge is -2.23. The largest absolute Gasteiger partial charge is 0.495 e. The summed E-state index contributed by atoms with van der Waals surface area (Å²) in [5, 5.41) is 3.29. The summed E-state index contributed by atoms with van der Waals surface area (Å²) in [5.41, 5.74) is 6.13. The van der Waals surface area contributed by atoms with Crippen LogP contribution in [0.5, 0.6) is 5.75 Å². The van der Waals surface area contributed by atoms with Gasteiger partial charge in [-0.2, -0.15) is 0 Å². The number of alkyl carbamates (subject to hydrolysis) is 1. The van der Waals surface area contributed by atoms with Gasteiger partial charge in [0, 0.05) is 12.6 Å². The number of hydrogen-bond donors (Lipinski definition) is 2. The van der Waals surface area contributed by atoms with E-state index in [0.29, 0.717) is 23.7 Å². The van der Waals surface area contributed by atoms with Crippen molar-refractivity contribution >= 4 is 17.7 Å². The molecule has 0 aliphatic rings. The summed E-state index contributed by atoms with van der Waals surface area (Å²) in [7, 11) is 1.56. The van der Waals surface area contributed by atoms with Crippen molar-refractivity contribution in [2.24, 2.45) is 5.73 Å². The summed E-state index contributed by atoms with van der Waals surface area (Å²) >= 11 is 6.08. The number of methoxy groups -OCH3 is 1. The molecule has 1 aromatic rings. The molecule has 0 radical (unpaired) electrons. The molecule has 6 heteroatoms. The fourth-order valence-corrected chi connectivity index (χ4v) is 2.07. The molecule has 0 saturated carbocycles. The zero-order chi connectivity index (χ0) is 16.0. The van der Waals surface area contributed by atoms with Crippen molar-refractivity contribution in [3.8, 4) is 5.75 Å². The van der Waals surface area contributed by atoms with Gasteiger partial charge in [0.15, 0.2) is 0 Å². The minimum absolute atomic E-state index is 0.218. The maximum absolute atomic E-state index is 11.8. The smallest absolute Gasteiger partial charge is 0.407 e. The molecule has 0 bridgehead atoms. The highest BCUT2D eigenvalue weighted by atomic mass is 35.5. The molecule has 3 N–H and O–H groups in total. The number of ether oxygens (including phenoxy) is 2. The van der Waals surface area contributed by atoms with E-state index >= 15 is 0 Å². The first-order chi connectivity index (χ1) is 9.75. The Hall–Kier alpha value is -1.46. The topological polar surface area (TPSA) is 73.6 Å². The quantitative estimate of drug-likeness (QED) is 0.876. The van der Waals surface area contributed by atoms with Gasteiger partial charge in [0.25, 0.3) is 0 Å². The van der Waals surface area contributed by atoms with E-state index < -0.39 is 11.7 Å². The van der Waals surface area contributed by atoms with Crippen LogP contribution in [0, 0.1) is 0 Å². The minimum Gasteiger partial charge on any atom is -0.495 e. The number of nitrogens with one attached hydrogen (secondary N) is 1. The number of carbonyl (C=O) groups excluding carboxylic acids is 1. The Labute approximate surface area is 130 Å². The molecule has 0 aliphatic carbocycles. The summed E-state index contributed by atoms with van der Waals surface area (Å²) in [4.78, 5) is 11.8. The Morgan fingerprint density at radius 2 is 2.10 bits per heavy atom. The van der Waals surface area contributed by atoms with Gasteiger partial charge in [-0.05, 0) is 44.9 Å². The monoisotopic (exact) mass is 314 g/mol. The Morgan fingerprint density at radius 3 is 2.57 bits per heavy atom. The molecule has 0 spiro atoms. The van der Waals surface area contributed by atoms with Gasteiger partial charge < -0.3 is 20.5 Å². The number of nitrogens with two attached hydrogens (primary N) is 1. The number of carbonyl (C=O) groups is 1. The molecular formula is C15H23ClN2O3. The van der Waals surface area contributed by atoms with Crippen molar-refractivity contribution in [2.45, 2.75) is 38.8 Å². The summed E-state index contributed by atoms with van der Waals surface area (Å²) in [6.07, 6.45) is 0.0944. The van der Waals surface area contributed by atoms with E-state index in [1.54, 1.807) is 19.2 Å². The van der Waals surface area contributed by atoms with Gasteiger partial charge in [0.05, 0.1) is 12.1 Å². The van der Waals surface area contributed by atoms with Gasteiger partial charge in [0.2, 0.25) is 0 Å². The summed E-state index contributed by atoms with van der Waals surface area (Å²) in [6, 6.07) is 5.27.